The highest BCUT2D eigenvalue weighted by molar-refractivity contribution is 6.03. The summed E-state index contributed by atoms with van der Waals surface area (Å²) in [6.45, 7) is 1.47. The third kappa shape index (κ3) is 2.65. The van der Waals surface area contributed by atoms with Crippen LogP contribution in [0.3, 0.4) is 0 Å². The fourth-order valence-electron chi connectivity index (χ4n) is 1.41. The molecule has 7 heteroatoms. The quantitative estimate of drug-likeness (QED) is 0.868. The van der Waals surface area contributed by atoms with Crippen molar-refractivity contribution in [1.29, 1.82) is 0 Å². The molecule has 1 aromatic carbocycles. The van der Waals surface area contributed by atoms with Crippen LogP contribution in [0.25, 0.3) is 0 Å². The molecule has 0 saturated carbocycles. The Morgan fingerprint density at radius 2 is 1.95 bits per heavy atom. The minimum atomic E-state index is -0.861. The van der Waals surface area contributed by atoms with Crippen LogP contribution in [0.4, 0.5) is 20.3 Å². The van der Waals surface area contributed by atoms with Gasteiger partial charge in [0.1, 0.15) is 17.3 Å². The summed E-state index contributed by atoms with van der Waals surface area (Å²) in [6, 6.07) is 5.03. The number of nitrogen functional groups attached to an aromatic ring is 1. The van der Waals surface area contributed by atoms with Crippen LogP contribution in [0.15, 0.2) is 24.3 Å². The van der Waals surface area contributed by atoms with Crippen molar-refractivity contribution >= 4 is 17.4 Å². The molecule has 0 unspecified atom stereocenters. The minimum Gasteiger partial charge on any atom is -0.382 e. The zero-order valence-electron chi connectivity index (χ0n) is 9.95. The van der Waals surface area contributed by atoms with E-state index < -0.39 is 23.2 Å². The predicted molar refractivity (Wildman–Crippen MR) is 65.5 cm³/mol. The van der Waals surface area contributed by atoms with E-state index in [1.807, 2.05) is 0 Å². The lowest BCUT2D eigenvalue weighted by Crippen LogP contribution is -2.17. The summed E-state index contributed by atoms with van der Waals surface area (Å²) in [5, 5.41) is 9.13. The number of carbonyl (C=O) groups is 1. The third-order valence-corrected chi connectivity index (χ3v) is 2.44. The standard InChI is InChI=1S/C12H10F2N4O/c1-6-2-3-7(13)11(10(6)14)16-12(19)8-4-5-9(15)18-17-8/h2-5H,1H3,(H2,15,18)(H,16,19). The van der Waals surface area contributed by atoms with Gasteiger partial charge in [0.2, 0.25) is 0 Å². The number of rotatable bonds is 2. The van der Waals surface area contributed by atoms with Crippen molar-refractivity contribution in [2.75, 3.05) is 11.1 Å². The molecule has 1 amide bonds. The molecule has 2 aromatic rings. The van der Waals surface area contributed by atoms with Crippen LogP contribution < -0.4 is 11.1 Å². The lowest BCUT2D eigenvalue weighted by Gasteiger charge is -2.08. The second-order valence-corrected chi connectivity index (χ2v) is 3.85. The number of carbonyl (C=O) groups excluding carboxylic acids is 1. The predicted octanol–water partition coefficient (Wildman–Crippen LogP) is 1.90. The highest BCUT2D eigenvalue weighted by Crippen LogP contribution is 2.22. The number of aromatic nitrogens is 2. The Labute approximate surface area is 107 Å². The lowest BCUT2D eigenvalue weighted by molar-refractivity contribution is 0.102. The Hall–Kier alpha value is -2.57. The summed E-state index contributed by atoms with van der Waals surface area (Å²) in [5.74, 6) is -2.31. The Morgan fingerprint density at radius 3 is 2.58 bits per heavy atom. The average Bonchev–Trinajstić information content (AvgIpc) is 2.40. The Kier molecular flexibility index (Phi) is 3.37. The van der Waals surface area contributed by atoms with Crippen LogP contribution in [0.5, 0.6) is 0 Å². The van der Waals surface area contributed by atoms with Crippen LogP contribution >= 0.6 is 0 Å². The van der Waals surface area contributed by atoms with Crippen molar-refractivity contribution in [1.82, 2.24) is 10.2 Å². The molecule has 0 aliphatic rings. The molecule has 0 radical (unpaired) electrons. The molecule has 0 fully saturated rings. The van der Waals surface area contributed by atoms with Gasteiger partial charge < -0.3 is 11.1 Å². The number of amides is 1. The minimum absolute atomic E-state index is 0.0884. The fraction of sp³-hybridized carbons (Fsp3) is 0.0833. The Bertz CT molecular complexity index is 628. The largest absolute Gasteiger partial charge is 0.382 e. The molecule has 19 heavy (non-hydrogen) atoms. The van der Waals surface area contributed by atoms with E-state index in [0.717, 1.165) is 6.07 Å². The van der Waals surface area contributed by atoms with Gasteiger partial charge in [-0.2, -0.15) is 0 Å². The molecule has 0 bridgehead atoms. The summed E-state index contributed by atoms with van der Waals surface area (Å²) in [5.41, 5.74) is 4.95. The van der Waals surface area contributed by atoms with Crippen molar-refractivity contribution < 1.29 is 13.6 Å². The van der Waals surface area contributed by atoms with Gasteiger partial charge in [0.05, 0.1) is 0 Å². The smallest absolute Gasteiger partial charge is 0.276 e. The zero-order chi connectivity index (χ0) is 14.0. The van der Waals surface area contributed by atoms with Gasteiger partial charge in [-0.05, 0) is 30.7 Å². The second-order valence-electron chi connectivity index (χ2n) is 3.85. The van der Waals surface area contributed by atoms with Crippen LogP contribution in [0.2, 0.25) is 0 Å². The normalized spacial score (nSPS) is 10.3. The van der Waals surface area contributed by atoms with Gasteiger partial charge in [-0.15, -0.1) is 10.2 Å². The van der Waals surface area contributed by atoms with E-state index in [0.29, 0.717) is 0 Å². The molecule has 2 rings (SSSR count). The molecule has 1 heterocycles. The van der Waals surface area contributed by atoms with Gasteiger partial charge in [0, 0.05) is 0 Å². The monoisotopic (exact) mass is 264 g/mol. The van der Waals surface area contributed by atoms with Crippen molar-refractivity contribution in [3.8, 4) is 0 Å². The number of halogens is 2. The van der Waals surface area contributed by atoms with Crippen LogP contribution in [-0.2, 0) is 0 Å². The average molecular weight is 264 g/mol. The number of aryl methyl sites for hydroxylation is 1. The van der Waals surface area contributed by atoms with Crippen LogP contribution in [0, 0.1) is 18.6 Å². The molecule has 0 saturated heterocycles. The Morgan fingerprint density at radius 1 is 1.21 bits per heavy atom. The number of nitrogens with zero attached hydrogens (tertiary/aromatic N) is 2. The maximum absolute atomic E-state index is 13.7. The van der Waals surface area contributed by atoms with E-state index in [-0.39, 0.29) is 17.1 Å². The van der Waals surface area contributed by atoms with Gasteiger partial charge in [0.15, 0.2) is 11.5 Å². The molecule has 0 aliphatic heterocycles. The first-order valence-electron chi connectivity index (χ1n) is 5.34. The molecule has 0 spiro atoms. The van der Waals surface area contributed by atoms with E-state index in [4.69, 9.17) is 5.73 Å². The first kappa shape index (κ1) is 12.9. The van der Waals surface area contributed by atoms with E-state index in [1.165, 1.54) is 25.1 Å². The summed E-state index contributed by atoms with van der Waals surface area (Å²) in [7, 11) is 0. The van der Waals surface area contributed by atoms with E-state index >= 15 is 0 Å². The van der Waals surface area contributed by atoms with Gasteiger partial charge >= 0.3 is 0 Å². The Balaban J connectivity index is 2.29. The number of hydrogen-bond donors (Lipinski definition) is 2. The van der Waals surface area contributed by atoms with Crippen molar-refractivity contribution in [2.45, 2.75) is 6.92 Å². The fourth-order valence-corrected chi connectivity index (χ4v) is 1.41. The van der Waals surface area contributed by atoms with Gasteiger partial charge in [-0.25, -0.2) is 8.78 Å². The van der Waals surface area contributed by atoms with Crippen LogP contribution in [0.1, 0.15) is 16.1 Å². The molecule has 3 N–H and O–H groups in total. The van der Waals surface area contributed by atoms with E-state index in [2.05, 4.69) is 15.5 Å². The van der Waals surface area contributed by atoms with Crippen LogP contribution in [-0.4, -0.2) is 16.1 Å². The number of hydrogen-bond acceptors (Lipinski definition) is 4. The molecular weight excluding hydrogens is 254 g/mol. The van der Waals surface area contributed by atoms with Gasteiger partial charge in [0.25, 0.3) is 5.91 Å². The number of nitrogens with two attached hydrogens (primary N) is 1. The van der Waals surface area contributed by atoms with Crippen molar-refractivity contribution in [3.05, 3.63) is 47.2 Å². The summed E-state index contributed by atoms with van der Waals surface area (Å²) < 4.78 is 27.2. The number of nitrogens with one attached hydrogen (secondary N) is 1. The zero-order valence-corrected chi connectivity index (χ0v) is 9.95. The maximum atomic E-state index is 13.7. The molecular formula is C12H10F2N4O. The summed E-state index contributed by atoms with van der Waals surface area (Å²) >= 11 is 0. The first-order valence-corrected chi connectivity index (χ1v) is 5.34. The van der Waals surface area contributed by atoms with E-state index in [1.54, 1.807) is 0 Å². The summed E-state index contributed by atoms with van der Waals surface area (Å²) in [6.07, 6.45) is 0. The number of benzene rings is 1. The van der Waals surface area contributed by atoms with Gasteiger partial charge in [-0.1, -0.05) is 6.07 Å². The third-order valence-electron chi connectivity index (χ3n) is 2.44. The first-order chi connectivity index (χ1) is 8.99. The van der Waals surface area contributed by atoms with E-state index in [9.17, 15) is 13.6 Å². The molecule has 0 atom stereocenters. The lowest BCUT2D eigenvalue weighted by atomic mass is 10.2. The topological polar surface area (TPSA) is 80.9 Å². The SMILES string of the molecule is Cc1ccc(F)c(NC(=O)c2ccc(N)nn2)c1F. The van der Waals surface area contributed by atoms with Gasteiger partial charge in [-0.3, -0.25) is 4.79 Å². The number of anilines is 2. The maximum Gasteiger partial charge on any atom is 0.276 e. The molecule has 5 nitrogen and oxygen atoms in total. The summed E-state index contributed by atoms with van der Waals surface area (Å²) in [4.78, 5) is 11.8. The molecule has 1 aromatic heterocycles. The highest BCUT2D eigenvalue weighted by Gasteiger charge is 2.16. The molecule has 98 valence electrons. The van der Waals surface area contributed by atoms with Crippen molar-refractivity contribution in [3.63, 3.8) is 0 Å². The van der Waals surface area contributed by atoms with Crippen molar-refractivity contribution in [2.24, 2.45) is 0 Å². The second kappa shape index (κ2) is 4.97. The highest BCUT2D eigenvalue weighted by atomic mass is 19.1. The molecule has 0 aliphatic carbocycles.